The molecule has 126 valence electrons. The zero-order valence-electron chi connectivity index (χ0n) is 14.9. The number of para-hydroxylation sites is 1. The number of hydrogen-bond donors (Lipinski definition) is 1. The third-order valence-electron chi connectivity index (χ3n) is 4.75. The van der Waals surface area contributed by atoms with Crippen LogP contribution in [0.25, 0.3) is 0 Å². The van der Waals surface area contributed by atoms with Crippen LogP contribution < -0.4 is 15.5 Å². The summed E-state index contributed by atoms with van der Waals surface area (Å²) in [7, 11) is 1.25. The smallest absolute Gasteiger partial charge is 0.495 e. The topological polar surface area (TPSA) is 39.7 Å². The molecule has 1 aliphatic heterocycles. The summed E-state index contributed by atoms with van der Waals surface area (Å²) in [6.45, 7) is 8.21. The third-order valence-corrected chi connectivity index (χ3v) is 4.75. The van der Waals surface area contributed by atoms with Crippen molar-refractivity contribution in [3.05, 3.63) is 48.5 Å². The molecule has 0 aromatic heterocycles. The Bertz CT molecular complexity index is 700. The normalized spacial score (nSPS) is 18.5. The van der Waals surface area contributed by atoms with Gasteiger partial charge in [0, 0.05) is 17.4 Å². The van der Waals surface area contributed by atoms with Crippen molar-refractivity contribution in [3.63, 3.8) is 0 Å². The molecule has 0 spiro atoms. The lowest BCUT2D eigenvalue weighted by molar-refractivity contribution is 0.00578. The second kappa shape index (κ2) is 6.15. The predicted octanol–water partition coefficient (Wildman–Crippen LogP) is 3.74. The maximum Gasteiger partial charge on any atom is 0.495 e. The van der Waals surface area contributed by atoms with Gasteiger partial charge in [-0.05, 0) is 57.4 Å². The molecule has 0 atom stereocenters. The highest BCUT2D eigenvalue weighted by Crippen LogP contribution is 2.37. The Morgan fingerprint density at radius 3 is 2.08 bits per heavy atom. The first-order valence-corrected chi connectivity index (χ1v) is 8.17. The summed E-state index contributed by atoms with van der Waals surface area (Å²) in [4.78, 5) is 0. The zero-order chi connectivity index (χ0) is 17.4. The average Bonchev–Trinajstić information content (AvgIpc) is 2.76. The summed E-state index contributed by atoms with van der Waals surface area (Å²) in [5.74, 6) is 0.764. The van der Waals surface area contributed by atoms with E-state index in [1.807, 2.05) is 48.5 Å². The van der Waals surface area contributed by atoms with Crippen LogP contribution in [0.15, 0.2) is 48.5 Å². The van der Waals surface area contributed by atoms with Crippen LogP contribution in [0.2, 0.25) is 0 Å². The number of methoxy groups -OCH3 is 1. The molecule has 0 aliphatic carbocycles. The lowest BCUT2D eigenvalue weighted by Gasteiger charge is -2.32. The van der Waals surface area contributed by atoms with Crippen molar-refractivity contribution < 1.29 is 14.0 Å². The monoisotopic (exact) mass is 325 g/mol. The van der Waals surface area contributed by atoms with E-state index in [4.69, 9.17) is 14.0 Å². The molecule has 24 heavy (non-hydrogen) atoms. The molecule has 1 fully saturated rings. The number of ether oxygens (including phenoxy) is 1. The summed E-state index contributed by atoms with van der Waals surface area (Å²) in [6.07, 6.45) is 0. The molecule has 2 aromatic rings. The molecule has 0 amide bonds. The predicted molar refractivity (Wildman–Crippen MR) is 98.4 cm³/mol. The van der Waals surface area contributed by atoms with Crippen LogP contribution in [0.4, 0.5) is 11.4 Å². The molecule has 0 unspecified atom stereocenters. The van der Waals surface area contributed by atoms with E-state index < -0.39 is 7.12 Å². The highest BCUT2D eigenvalue weighted by Gasteiger charge is 2.51. The summed E-state index contributed by atoms with van der Waals surface area (Å²) in [5, 5.41) is 3.39. The summed E-state index contributed by atoms with van der Waals surface area (Å²) in [5.41, 5.74) is 2.16. The van der Waals surface area contributed by atoms with E-state index in [-0.39, 0.29) is 11.2 Å². The number of hydrogen-bond acceptors (Lipinski definition) is 4. The van der Waals surface area contributed by atoms with Gasteiger partial charge in [-0.25, -0.2) is 0 Å². The Morgan fingerprint density at radius 1 is 0.875 bits per heavy atom. The van der Waals surface area contributed by atoms with Gasteiger partial charge in [-0.2, -0.15) is 0 Å². The molecule has 0 radical (unpaired) electrons. The van der Waals surface area contributed by atoms with E-state index in [2.05, 4.69) is 33.0 Å². The molecule has 5 heteroatoms. The first-order valence-electron chi connectivity index (χ1n) is 8.17. The fourth-order valence-corrected chi connectivity index (χ4v) is 2.62. The molecular weight excluding hydrogens is 301 g/mol. The Kier molecular flexibility index (Phi) is 4.32. The molecule has 1 heterocycles. The quantitative estimate of drug-likeness (QED) is 0.870. The minimum absolute atomic E-state index is 0.367. The molecule has 0 saturated carbocycles. The number of rotatable bonds is 4. The molecule has 2 aromatic carbocycles. The van der Waals surface area contributed by atoms with Crippen LogP contribution >= 0.6 is 0 Å². The summed E-state index contributed by atoms with van der Waals surface area (Å²) >= 11 is 0. The molecule has 1 saturated heterocycles. The van der Waals surface area contributed by atoms with Gasteiger partial charge in [-0.15, -0.1) is 0 Å². The Balaban J connectivity index is 1.90. The number of benzene rings is 2. The number of anilines is 2. The largest absolute Gasteiger partial charge is 0.497 e. The van der Waals surface area contributed by atoms with E-state index in [9.17, 15) is 0 Å². The minimum Gasteiger partial charge on any atom is -0.497 e. The fourth-order valence-electron chi connectivity index (χ4n) is 2.62. The first kappa shape index (κ1) is 16.9. The maximum atomic E-state index is 6.15. The van der Waals surface area contributed by atoms with Crippen molar-refractivity contribution in [1.82, 2.24) is 0 Å². The van der Waals surface area contributed by atoms with Crippen molar-refractivity contribution in [1.29, 1.82) is 0 Å². The van der Waals surface area contributed by atoms with Crippen LogP contribution in [-0.4, -0.2) is 25.4 Å². The highest BCUT2D eigenvalue weighted by molar-refractivity contribution is 6.62. The Morgan fingerprint density at radius 2 is 1.50 bits per heavy atom. The van der Waals surface area contributed by atoms with Gasteiger partial charge in [0.2, 0.25) is 0 Å². The van der Waals surface area contributed by atoms with Crippen molar-refractivity contribution in [2.75, 3.05) is 12.4 Å². The van der Waals surface area contributed by atoms with Crippen molar-refractivity contribution in [2.45, 2.75) is 38.9 Å². The first-order chi connectivity index (χ1) is 11.3. The lowest BCUT2D eigenvalue weighted by atomic mass is 9.78. The molecule has 0 bridgehead atoms. The van der Waals surface area contributed by atoms with Gasteiger partial charge in [0.1, 0.15) is 5.75 Å². The van der Waals surface area contributed by atoms with Gasteiger partial charge < -0.3 is 19.4 Å². The number of nitrogens with one attached hydrogen (secondary N) is 1. The second-order valence-corrected chi connectivity index (χ2v) is 7.07. The van der Waals surface area contributed by atoms with E-state index in [1.165, 1.54) is 0 Å². The van der Waals surface area contributed by atoms with Gasteiger partial charge in [-0.1, -0.05) is 18.2 Å². The molecule has 3 rings (SSSR count). The van der Waals surface area contributed by atoms with Gasteiger partial charge >= 0.3 is 7.12 Å². The Hall–Kier alpha value is -1.98. The van der Waals surface area contributed by atoms with Gasteiger partial charge in [0.25, 0.3) is 0 Å². The van der Waals surface area contributed by atoms with Crippen LogP contribution in [-0.2, 0) is 9.31 Å². The van der Waals surface area contributed by atoms with E-state index >= 15 is 0 Å². The lowest BCUT2D eigenvalue weighted by Crippen LogP contribution is -2.41. The summed E-state index contributed by atoms with van der Waals surface area (Å²) in [6, 6.07) is 16.0. The van der Waals surface area contributed by atoms with Crippen molar-refractivity contribution in [3.8, 4) is 5.75 Å². The van der Waals surface area contributed by atoms with E-state index in [1.54, 1.807) is 7.11 Å². The SMILES string of the molecule is COc1cc(Nc2ccccc2)cc(B2OC(C)(C)C(C)(C)O2)c1. The maximum absolute atomic E-state index is 6.15. The standard InChI is InChI=1S/C19H24BNO3/c1-18(2)19(3,4)24-20(23-18)14-11-16(13-17(12-14)22-5)21-15-9-7-6-8-10-15/h6-13,21H,1-5H3. The van der Waals surface area contributed by atoms with Crippen LogP contribution in [0.1, 0.15) is 27.7 Å². The molecule has 1 N–H and O–H groups in total. The van der Waals surface area contributed by atoms with Gasteiger partial charge in [0.05, 0.1) is 18.3 Å². The molecule has 4 nitrogen and oxygen atoms in total. The van der Waals surface area contributed by atoms with E-state index in [0.717, 1.165) is 22.6 Å². The van der Waals surface area contributed by atoms with Gasteiger partial charge in [0.15, 0.2) is 0 Å². The highest BCUT2D eigenvalue weighted by atomic mass is 16.7. The molecular formula is C19H24BNO3. The minimum atomic E-state index is -0.415. The second-order valence-electron chi connectivity index (χ2n) is 7.07. The zero-order valence-corrected chi connectivity index (χ0v) is 14.9. The van der Waals surface area contributed by atoms with Crippen LogP contribution in [0.3, 0.4) is 0 Å². The van der Waals surface area contributed by atoms with Crippen molar-refractivity contribution >= 4 is 24.0 Å². The van der Waals surface area contributed by atoms with Gasteiger partial charge in [-0.3, -0.25) is 0 Å². The van der Waals surface area contributed by atoms with E-state index in [0.29, 0.717) is 0 Å². The van der Waals surface area contributed by atoms with Crippen molar-refractivity contribution in [2.24, 2.45) is 0 Å². The third kappa shape index (κ3) is 3.28. The van der Waals surface area contributed by atoms with Crippen LogP contribution in [0.5, 0.6) is 5.75 Å². The molecule has 1 aliphatic rings. The Labute approximate surface area is 144 Å². The fraction of sp³-hybridized carbons (Fsp3) is 0.368. The average molecular weight is 325 g/mol. The summed E-state index contributed by atoms with van der Waals surface area (Å²) < 4.78 is 17.7. The van der Waals surface area contributed by atoms with Crippen LogP contribution in [0, 0.1) is 0 Å².